The molecule has 1 saturated carbocycles. The van der Waals surface area contributed by atoms with Crippen LogP contribution < -0.4 is 4.73 Å². The van der Waals surface area contributed by atoms with Crippen molar-refractivity contribution >= 4 is 11.6 Å². The highest BCUT2D eigenvalue weighted by molar-refractivity contribution is 6.31. The van der Waals surface area contributed by atoms with Crippen molar-refractivity contribution in [3.63, 3.8) is 0 Å². The maximum Gasteiger partial charge on any atom is 0.333 e. The Morgan fingerprint density at radius 1 is 1.08 bits per heavy atom. The van der Waals surface area contributed by atoms with E-state index in [4.69, 9.17) is 11.6 Å². The molecule has 0 aliphatic heterocycles. The first-order valence-corrected chi connectivity index (χ1v) is 12.2. The van der Waals surface area contributed by atoms with Crippen LogP contribution in [0.1, 0.15) is 37.5 Å². The zero-order chi connectivity index (χ0) is 27.3. The molecule has 1 aliphatic carbocycles. The molecular weight excluding hydrogens is 542 g/mol. The van der Waals surface area contributed by atoms with Crippen LogP contribution in [0, 0.1) is 22.8 Å². The van der Waals surface area contributed by atoms with Gasteiger partial charge in [0.1, 0.15) is 18.1 Å². The van der Waals surface area contributed by atoms with Gasteiger partial charge in [-0.3, -0.25) is 4.68 Å². The van der Waals surface area contributed by atoms with Gasteiger partial charge in [0.15, 0.2) is 17.8 Å². The molecule has 0 unspecified atom stereocenters. The first-order chi connectivity index (χ1) is 18.8. The largest absolute Gasteiger partial charge is 0.618 e. The van der Waals surface area contributed by atoms with E-state index in [9.17, 15) is 18.4 Å². The molecule has 39 heavy (non-hydrogen) atoms. The van der Waals surface area contributed by atoms with Gasteiger partial charge < -0.3 is 5.21 Å². The Bertz CT molecular complexity index is 1650. The smallest absolute Gasteiger partial charge is 0.333 e. The summed E-state index contributed by atoms with van der Waals surface area (Å²) in [4.78, 5) is 0. The van der Waals surface area contributed by atoms with Crippen LogP contribution in [0.3, 0.4) is 0 Å². The SMILES string of the molecule is [O-][n+]1cc(-c2c(-n3cnnn3)ccc(Cl)c2F)ccc1[C@H](CC1CC1)n1cc(-c2c(F)cnn2C(F)F)cn1. The number of alkyl halides is 2. The summed E-state index contributed by atoms with van der Waals surface area (Å²) in [6, 6.07) is 5.42. The number of aromatic nitrogens is 9. The van der Waals surface area contributed by atoms with Crippen molar-refractivity contribution < 1.29 is 22.3 Å². The topological polar surface area (TPSA) is 106 Å². The summed E-state index contributed by atoms with van der Waals surface area (Å²) in [5, 5.41) is 31.9. The molecule has 0 bridgehead atoms. The summed E-state index contributed by atoms with van der Waals surface area (Å²) in [5.41, 5.74) is 0.508. The molecule has 0 saturated heterocycles. The van der Waals surface area contributed by atoms with Gasteiger partial charge in [-0.2, -0.15) is 28.4 Å². The maximum absolute atomic E-state index is 15.2. The molecule has 6 rings (SSSR count). The lowest BCUT2D eigenvalue weighted by Gasteiger charge is -2.18. The second kappa shape index (κ2) is 9.76. The molecule has 15 heteroatoms. The lowest BCUT2D eigenvalue weighted by molar-refractivity contribution is -0.615. The minimum Gasteiger partial charge on any atom is -0.618 e. The lowest BCUT2D eigenvalue weighted by Crippen LogP contribution is -2.35. The van der Waals surface area contributed by atoms with Crippen LogP contribution in [-0.4, -0.2) is 39.8 Å². The van der Waals surface area contributed by atoms with E-state index in [1.807, 2.05) is 0 Å². The summed E-state index contributed by atoms with van der Waals surface area (Å²) >= 11 is 6.04. The molecule has 1 fully saturated rings. The molecule has 1 aliphatic rings. The lowest BCUT2D eigenvalue weighted by atomic mass is 10.0. The van der Waals surface area contributed by atoms with Gasteiger partial charge in [0.2, 0.25) is 5.69 Å². The van der Waals surface area contributed by atoms with E-state index in [-0.39, 0.29) is 37.8 Å². The van der Waals surface area contributed by atoms with Crippen molar-refractivity contribution in [1.29, 1.82) is 0 Å². The second-order valence-electron chi connectivity index (χ2n) is 9.15. The fourth-order valence-corrected chi connectivity index (χ4v) is 4.76. The molecule has 200 valence electrons. The number of hydrogen-bond acceptors (Lipinski definition) is 6. The predicted molar refractivity (Wildman–Crippen MR) is 129 cm³/mol. The highest BCUT2D eigenvalue weighted by Gasteiger charge is 2.33. The number of nitrogens with zero attached hydrogens (tertiary/aromatic N) is 9. The van der Waals surface area contributed by atoms with E-state index >= 15 is 4.39 Å². The minimum atomic E-state index is -3.04. The highest BCUT2D eigenvalue weighted by Crippen LogP contribution is 2.40. The third-order valence-electron chi connectivity index (χ3n) is 6.63. The molecule has 4 heterocycles. The van der Waals surface area contributed by atoms with E-state index < -0.39 is 29.9 Å². The Hall–Kier alpha value is -4.33. The van der Waals surface area contributed by atoms with Crippen molar-refractivity contribution in [2.24, 2.45) is 5.92 Å². The Labute approximate surface area is 222 Å². The third-order valence-corrected chi connectivity index (χ3v) is 6.92. The molecule has 1 aromatic carbocycles. The molecule has 0 amide bonds. The van der Waals surface area contributed by atoms with Crippen LogP contribution in [0.5, 0.6) is 0 Å². The van der Waals surface area contributed by atoms with E-state index in [2.05, 4.69) is 25.7 Å². The second-order valence-corrected chi connectivity index (χ2v) is 9.55. The Balaban J connectivity index is 1.40. The standard InChI is InChI=1S/C24H18ClF4N9O/c25-16-4-6-19(36-12-30-33-34-36)21(22(16)27)14-3-5-18(37(39)11-14)20(7-13-1-2-13)35-10-15(8-31-35)23-17(26)9-32-38(23)24(28)29/h3-6,8-13,20,24H,1-2,7H2/t20-/m0/s1. The first-order valence-electron chi connectivity index (χ1n) is 11.8. The average molecular weight is 560 g/mol. The Morgan fingerprint density at radius 3 is 2.59 bits per heavy atom. The van der Waals surface area contributed by atoms with Crippen molar-refractivity contribution in [3.8, 4) is 28.1 Å². The Kier molecular flexibility index (Phi) is 6.25. The molecule has 4 aromatic heterocycles. The molecular formula is C24H18ClF4N9O. The van der Waals surface area contributed by atoms with Crippen molar-refractivity contribution in [2.75, 3.05) is 0 Å². The fraction of sp³-hybridized carbons (Fsp3) is 0.250. The van der Waals surface area contributed by atoms with Crippen LogP contribution in [0.15, 0.2) is 55.4 Å². The predicted octanol–water partition coefficient (Wildman–Crippen LogP) is 4.74. The van der Waals surface area contributed by atoms with Gasteiger partial charge in [-0.05, 0) is 41.0 Å². The van der Waals surface area contributed by atoms with Gasteiger partial charge in [0.25, 0.3) is 0 Å². The normalized spacial score (nSPS) is 14.3. The Morgan fingerprint density at radius 2 is 1.90 bits per heavy atom. The molecule has 0 N–H and O–H groups in total. The van der Waals surface area contributed by atoms with E-state index in [1.54, 1.807) is 12.1 Å². The molecule has 5 aromatic rings. The summed E-state index contributed by atoms with van der Waals surface area (Å²) in [5.74, 6) is -1.33. The summed E-state index contributed by atoms with van der Waals surface area (Å²) in [6.45, 7) is -3.04. The fourth-order valence-electron chi connectivity index (χ4n) is 4.60. The van der Waals surface area contributed by atoms with Crippen LogP contribution in [-0.2, 0) is 0 Å². The summed E-state index contributed by atoms with van der Waals surface area (Å²) in [7, 11) is 0. The zero-order valence-electron chi connectivity index (χ0n) is 19.9. The van der Waals surface area contributed by atoms with Gasteiger partial charge in [-0.25, -0.2) is 13.5 Å². The number of rotatable bonds is 8. The van der Waals surface area contributed by atoms with E-state index in [1.165, 1.54) is 46.4 Å². The van der Waals surface area contributed by atoms with E-state index in [0.717, 1.165) is 12.8 Å². The first kappa shape index (κ1) is 25.0. The quantitative estimate of drug-likeness (QED) is 0.154. The van der Waals surface area contributed by atoms with Crippen LogP contribution in [0.25, 0.3) is 28.1 Å². The van der Waals surface area contributed by atoms with Crippen molar-refractivity contribution in [2.45, 2.75) is 31.9 Å². The third kappa shape index (κ3) is 4.60. The van der Waals surface area contributed by atoms with Gasteiger partial charge in [0, 0.05) is 17.8 Å². The average Bonchev–Trinajstić information content (AvgIpc) is 3.27. The highest BCUT2D eigenvalue weighted by atomic mass is 35.5. The number of halogens is 5. The summed E-state index contributed by atoms with van der Waals surface area (Å²) in [6.07, 6.45) is 8.36. The van der Waals surface area contributed by atoms with Crippen LogP contribution >= 0.6 is 11.6 Å². The van der Waals surface area contributed by atoms with Crippen molar-refractivity contribution in [3.05, 3.63) is 82.9 Å². The monoisotopic (exact) mass is 559 g/mol. The van der Waals surface area contributed by atoms with Crippen LogP contribution in [0.2, 0.25) is 5.02 Å². The number of benzene rings is 1. The molecule has 0 spiro atoms. The van der Waals surface area contributed by atoms with Crippen LogP contribution in [0.4, 0.5) is 17.6 Å². The van der Waals surface area contributed by atoms with E-state index in [0.29, 0.717) is 23.3 Å². The van der Waals surface area contributed by atoms with Gasteiger partial charge >= 0.3 is 6.55 Å². The van der Waals surface area contributed by atoms with Gasteiger partial charge in [-0.15, -0.1) is 5.10 Å². The number of tetrazole rings is 1. The molecule has 1 atom stereocenters. The van der Waals surface area contributed by atoms with Crippen molar-refractivity contribution in [1.82, 2.24) is 39.8 Å². The minimum absolute atomic E-state index is 0.0294. The molecule has 0 radical (unpaired) electrons. The number of hydrogen-bond donors (Lipinski definition) is 0. The maximum atomic E-state index is 15.2. The zero-order valence-corrected chi connectivity index (χ0v) is 20.6. The molecule has 10 nitrogen and oxygen atoms in total. The van der Waals surface area contributed by atoms with Gasteiger partial charge in [0.05, 0.1) is 34.2 Å². The summed E-state index contributed by atoms with van der Waals surface area (Å²) < 4.78 is 59.8. The van der Waals surface area contributed by atoms with Gasteiger partial charge in [-0.1, -0.05) is 24.4 Å². The number of pyridine rings is 1.